The first kappa shape index (κ1) is 19.6. The standard InChI is InChI=1S/C22H35N3S/c1-17-9-8-10-18(2)21(17)24-22(26)23-15-16-25(20-13-6-7-14-20)19-11-4-3-5-12-19/h8-10,19-20H,3-7,11-16H2,1-2H3,(H2,23,24,26)/p+1. The minimum Gasteiger partial charge on any atom is -0.357 e. The van der Waals surface area contributed by atoms with Gasteiger partial charge >= 0.3 is 0 Å². The van der Waals surface area contributed by atoms with Gasteiger partial charge in [-0.1, -0.05) is 24.6 Å². The highest BCUT2D eigenvalue weighted by Crippen LogP contribution is 2.20. The molecule has 0 heterocycles. The molecule has 2 aliphatic carbocycles. The largest absolute Gasteiger partial charge is 0.357 e. The van der Waals surface area contributed by atoms with Gasteiger partial charge in [-0.15, -0.1) is 0 Å². The number of benzene rings is 1. The van der Waals surface area contributed by atoms with Crippen LogP contribution in [0, 0.1) is 13.8 Å². The number of quaternary nitrogens is 1. The predicted molar refractivity (Wildman–Crippen MR) is 115 cm³/mol. The van der Waals surface area contributed by atoms with Crippen LogP contribution in [0.25, 0.3) is 0 Å². The van der Waals surface area contributed by atoms with Gasteiger partial charge in [0.1, 0.15) is 0 Å². The maximum atomic E-state index is 5.57. The van der Waals surface area contributed by atoms with Crippen molar-refractivity contribution in [1.82, 2.24) is 5.32 Å². The Labute approximate surface area is 164 Å². The van der Waals surface area contributed by atoms with Crippen molar-refractivity contribution in [3.63, 3.8) is 0 Å². The molecule has 4 heteroatoms. The van der Waals surface area contributed by atoms with Gasteiger partial charge in [0.25, 0.3) is 0 Å². The van der Waals surface area contributed by atoms with Crippen molar-refractivity contribution >= 4 is 23.0 Å². The van der Waals surface area contributed by atoms with E-state index in [1.807, 2.05) is 4.90 Å². The molecular weight excluding hydrogens is 338 g/mol. The van der Waals surface area contributed by atoms with Gasteiger partial charge in [-0.05, 0) is 88.6 Å². The predicted octanol–water partition coefficient (Wildman–Crippen LogP) is 3.75. The van der Waals surface area contributed by atoms with Crippen molar-refractivity contribution in [3.05, 3.63) is 29.3 Å². The summed E-state index contributed by atoms with van der Waals surface area (Å²) in [6, 6.07) is 8.13. The topological polar surface area (TPSA) is 28.5 Å². The fraction of sp³-hybridized carbons (Fsp3) is 0.682. The van der Waals surface area contributed by atoms with E-state index in [1.165, 1.54) is 75.5 Å². The fourth-order valence-electron chi connectivity index (χ4n) is 5.00. The Morgan fingerprint density at radius 2 is 1.50 bits per heavy atom. The number of para-hydroxylation sites is 1. The molecule has 0 saturated heterocycles. The molecule has 1 atom stereocenters. The number of thiocarbonyl (C=S) groups is 1. The van der Waals surface area contributed by atoms with Crippen LogP contribution in [0.15, 0.2) is 18.2 Å². The summed E-state index contributed by atoms with van der Waals surface area (Å²) in [5, 5.41) is 7.65. The third kappa shape index (κ3) is 5.20. The van der Waals surface area contributed by atoms with Gasteiger partial charge in [-0.3, -0.25) is 0 Å². The highest BCUT2D eigenvalue weighted by Gasteiger charge is 2.32. The first-order valence-corrected chi connectivity index (χ1v) is 11.0. The van der Waals surface area contributed by atoms with Crippen LogP contribution in [0.4, 0.5) is 5.69 Å². The average molecular weight is 375 g/mol. The lowest BCUT2D eigenvalue weighted by atomic mass is 9.93. The summed E-state index contributed by atoms with van der Waals surface area (Å²) >= 11 is 5.57. The van der Waals surface area contributed by atoms with Crippen LogP contribution >= 0.6 is 12.2 Å². The number of hydrogen-bond donors (Lipinski definition) is 3. The van der Waals surface area contributed by atoms with Crippen molar-refractivity contribution in [2.75, 3.05) is 18.4 Å². The van der Waals surface area contributed by atoms with Gasteiger partial charge in [0.2, 0.25) is 0 Å². The number of aryl methyl sites for hydroxylation is 2. The normalized spacial score (nSPS) is 20.1. The average Bonchev–Trinajstić information content (AvgIpc) is 3.17. The first-order valence-electron chi connectivity index (χ1n) is 10.6. The molecule has 1 aromatic carbocycles. The summed E-state index contributed by atoms with van der Waals surface area (Å²) < 4.78 is 0. The van der Waals surface area contributed by atoms with E-state index in [0.29, 0.717) is 0 Å². The van der Waals surface area contributed by atoms with Crippen LogP contribution in [0.3, 0.4) is 0 Å². The minimum atomic E-state index is 0.761. The van der Waals surface area contributed by atoms with Gasteiger partial charge in [0, 0.05) is 5.69 Å². The van der Waals surface area contributed by atoms with E-state index in [-0.39, 0.29) is 0 Å². The molecular formula is C22H36N3S+. The number of nitrogens with one attached hydrogen (secondary N) is 3. The molecule has 3 N–H and O–H groups in total. The SMILES string of the molecule is Cc1cccc(C)c1NC(=S)NCC[NH+](C1CCCCC1)C1CCCC1. The van der Waals surface area contributed by atoms with Crippen molar-refractivity contribution in [2.45, 2.75) is 83.7 Å². The molecule has 0 radical (unpaired) electrons. The second-order valence-electron chi connectivity index (χ2n) is 8.29. The Morgan fingerprint density at radius 1 is 0.962 bits per heavy atom. The fourth-order valence-corrected chi connectivity index (χ4v) is 5.21. The summed E-state index contributed by atoms with van der Waals surface area (Å²) in [7, 11) is 0. The number of hydrogen-bond acceptors (Lipinski definition) is 1. The Balaban J connectivity index is 1.51. The lowest BCUT2D eigenvalue weighted by Gasteiger charge is -2.35. The van der Waals surface area contributed by atoms with Gasteiger partial charge in [0.05, 0.1) is 25.2 Å². The van der Waals surface area contributed by atoms with Gasteiger partial charge in [-0.2, -0.15) is 0 Å². The zero-order valence-corrected chi connectivity index (χ0v) is 17.4. The zero-order valence-electron chi connectivity index (χ0n) is 16.6. The van der Waals surface area contributed by atoms with Gasteiger partial charge in [0.15, 0.2) is 5.11 Å². The van der Waals surface area contributed by atoms with Gasteiger partial charge < -0.3 is 15.5 Å². The van der Waals surface area contributed by atoms with E-state index < -0.39 is 0 Å². The minimum absolute atomic E-state index is 0.761. The molecule has 0 bridgehead atoms. The van der Waals surface area contributed by atoms with E-state index in [0.717, 1.165) is 29.4 Å². The quantitative estimate of drug-likeness (QED) is 0.662. The van der Waals surface area contributed by atoms with E-state index in [2.05, 4.69) is 42.7 Å². The van der Waals surface area contributed by atoms with Crippen molar-refractivity contribution < 1.29 is 4.90 Å². The first-order chi connectivity index (χ1) is 12.6. The van der Waals surface area contributed by atoms with Crippen molar-refractivity contribution in [1.29, 1.82) is 0 Å². The Kier molecular flexibility index (Phi) is 7.32. The Bertz CT molecular complexity index is 569. The highest BCUT2D eigenvalue weighted by atomic mass is 32.1. The van der Waals surface area contributed by atoms with Crippen LogP contribution in [-0.4, -0.2) is 30.3 Å². The van der Waals surface area contributed by atoms with Crippen LogP contribution < -0.4 is 15.5 Å². The summed E-state index contributed by atoms with van der Waals surface area (Å²) in [6.45, 7) is 6.43. The summed E-state index contributed by atoms with van der Waals surface area (Å²) in [5.74, 6) is 0. The van der Waals surface area contributed by atoms with Gasteiger partial charge in [-0.25, -0.2) is 0 Å². The Hall–Kier alpha value is -1.13. The number of rotatable bonds is 6. The molecule has 0 spiro atoms. The molecule has 26 heavy (non-hydrogen) atoms. The van der Waals surface area contributed by atoms with Crippen LogP contribution in [-0.2, 0) is 0 Å². The second-order valence-corrected chi connectivity index (χ2v) is 8.70. The third-order valence-electron chi connectivity index (χ3n) is 6.43. The maximum Gasteiger partial charge on any atom is 0.171 e. The lowest BCUT2D eigenvalue weighted by Crippen LogP contribution is -3.19. The summed E-state index contributed by atoms with van der Waals surface area (Å²) in [4.78, 5) is 1.87. The van der Waals surface area contributed by atoms with Crippen molar-refractivity contribution in [3.8, 4) is 0 Å². The molecule has 0 aliphatic heterocycles. The molecule has 0 amide bonds. The molecule has 0 aromatic heterocycles. The zero-order chi connectivity index (χ0) is 18.4. The number of anilines is 1. The summed E-state index contributed by atoms with van der Waals surface area (Å²) in [5.41, 5.74) is 3.64. The molecule has 2 fully saturated rings. The van der Waals surface area contributed by atoms with Crippen LogP contribution in [0.2, 0.25) is 0 Å². The molecule has 2 aliphatic rings. The van der Waals surface area contributed by atoms with Crippen LogP contribution in [0.1, 0.15) is 68.9 Å². The summed E-state index contributed by atoms with van der Waals surface area (Å²) in [6.07, 6.45) is 12.9. The van der Waals surface area contributed by atoms with E-state index in [9.17, 15) is 0 Å². The molecule has 1 unspecified atom stereocenters. The van der Waals surface area contributed by atoms with E-state index in [1.54, 1.807) is 0 Å². The molecule has 144 valence electrons. The van der Waals surface area contributed by atoms with Crippen LogP contribution in [0.5, 0.6) is 0 Å². The monoisotopic (exact) mass is 374 g/mol. The van der Waals surface area contributed by atoms with E-state index >= 15 is 0 Å². The smallest absolute Gasteiger partial charge is 0.171 e. The second kappa shape index (κ2) is 9.70. The molecule has 1 aromatic rings. The molecule has 3 nitrogen and oxygen atoms in total. The Morgan fingerprint density at radius 3 is 2.08 bits per heavy atom. The molecule has 2 saturated carbocycles. The maximum absolute atomic E-state index is 5.57. The third-order valence-corrected chi connectivity index (χ3v) is 6.67. The lowest BCUT2D eigenvalue weighted by molar-refractivity contribution is -0.949. The van der Waals surface area contributed by atoms with Crippen molar-refractivity contribution in [2.24, 2.45) is 0 Å². The van der Waals surface area contributed by atoms with E-state index in [4.69, 9.17) is 12.2 Å². The molecule has 3 rings (SSSR count). The highest BCUT2D eigenvalue weighted by molar-refractivity contribution is 7.80.